The Hall–Kier alpha value is -5.19. The molecule has 0 spiro atoms. The molecule has 4 aromatic rings. The van der Waals surface area contributed by atoms with Gasteiger partial charge in [-0.05, 0) is 24.3 Å². The number of aliphatic hydroxyl groups excluding tert-OH is 2. The van der Waals surface area contributed by atoms with Crippen molar-refractivity contribution in [1.82, 2.24) is 38.2 Å². The first-order valence-electron chi connectivity index (χ1n) is 19.8. The van der Waals surface area contributed by atoms with Crippen molar-refractivity contribution in [2.75, 3.05) is 49.4 Å². The van der Waals surface area contributed by atoms with Crippen molar-refractivity contribution in [1.29, 1.82) is 0 Å². The Labute approximate surface area is 383 Å². The third-order valence-electron chi connectivity index (χ3n) is 10.4. The van der Waals surface area contributed by atoms with Gasteiger partial charge in [0.15, 0.2) is 24.9 Å². The number of anilines is 4. The van der Waals surface area contributed by atoms with Crippen LogP contribution in [-0.4, -0.2) is 138 Å². The average molecular weight is 1040 g/mol. The smallest absolute Gasteiger partial charge is 0.388 e. The van der Waals surface area contributed by atoms with Crippen LogP contribution in [0.1, 0.15) is 24.9 Å². The van der Waals surface area contributed by atoms with Gasteiger partial charge in [0.2, 0.25) is 0 Å². The topological polar surface area (TPSA) is 488 Å². The number of rotatable bonds is 16. The van der Waals surface area contributed by atoms with Crippen LogP contribution in [0.25, 0.3) is 0 Å². The number of nitrogen functional groups attached to an aromatic ring is 4. The molecule has 0 radical (unpaired) electrons. The quantitative estimate of drug-likeness (QED) is 0.0480. The van der Waals surface area contributed by atoms with Gasteiger partial charge < -0.3 is 66.8 Å². The van der Waals surface area contributed by atoms with E-state index >= 15 is 0 Å². The fourth-order valence-electron chi connectivity index (χ4n) is 7.41. The first-order valence-corrected chi connectivity index (χ1v) is 24.3. The van der Waals surface area contributed by atoms with Gasteiger partial charge in [-0.3, -0.25) is 45.4 Å². The standard InChI is InChI=1S/C32H41N12O22P3/c33-17-1-5-41(29(47)37-17)25-21(46)14(10-58-25)61-67(51,52)65-23-16(12-60-27(23)43-7-3-19(35)39-31(43)49)63-69(55,56)66-24-15(11-59-28(24)44-8-4-20(36)40-32(44)50)62-68(53,54)64-22-13(45)9-57-26(22)42-6-2-18(34)38-30(42)48/h1-8,13-16,21-28,45-46H,9-12H2,(H,51,52)(H,53,54)(H,55,56)(H2,33,37,47)(H2,34,38,48)(H2,35,39,49)(H2,36,40,50)/t13-,14-,15-,16-,21+,22+,23+,24+,25+,26+,27+,28+/m0/s1. The molecular weight excluding hydrogens is 997 g/mol. The lowest BCUT2D eigenvalue weighted by Crippen LogP contribution is -2.40. The van der Waals surface area contributed by atoms with E-state index < -0.39 is 146 Å². The van der Waals surface area contributed by atoms with E-state index in [-0.39, 0.29) is 23.3 Å². The summed E-state index contributed by atoms with van der Waals surface area (Å²) in [5.41, 5.74) is 18.2. The van der Waals surface area contributed by atoms with Gasteiger partial charge in [0.05, 0.1) is 26.4 Å². The van der Waals surface area contributed by atoms with Crippen molar-refractivity contribution in [3.8, 4) is 0 Å². The fraction of sp³-hybridized carbons (Fsp3) is 0.500. The highest BCUT2D eigenvalue weighted by molar-refractivity contribution is 7.48. The summed E-state index contributed by atoms with van der Waals surface area (Å²) < 4.78 is 98.7. The molecule has 8 rings (SSSR count). The molecule has 13 N–H and O–H groups in total. The van der Waals surface area contributed by atoms with Crippen molar-refractivity contribution in [3.63, 3.8) is 0 Å². The zero-order chi connectivity index (χ0) is 49.7. The molecule has 4 saturated heterocycles. The lowest BCUT2D eigenvalue weighted by molar-refractivity contribution is -0.0536. The van der Waals surface area contributed by atoms with E-state index in [1.54, 1.807) is 0 Å². The van der Waals surface area contributed by atoms with Crippen LogP contribution in [0.5, 0.6) is 0 Å². The summed E-state index contributed by atoms with van der Waals surface area (Å²) in [7, 11) is -16.8. The number of hydrogen-bond acceptors (Lipinski definition) is 27. The maximum atomic E-state index is 14.1. The Morgan fingerprint density at radius 1 is 0.464 bits per heavy atom. The summed E-state index contributed by atoms with van der Waals surface area (Å²) in [6.07, 6.45) is -17.5. The Balaban J connectivity index is 1.04. The van der Waals surface area contributed by atoms with Crippen molar-refractivity contribution in [2.45, 2.75) is 73.7 Å². The van der Waals surface area contributed by atoms with Gasteiger partial charge in [-0.2, -0.15) is 19.9 Å². The van der Waals surface area contributed by atoms with Crippen LogP contribution in [0.4, 0.5) is 23.3 Å². The van der Waals surface area contributed by atoms with Crippen molar-refractivity contribution < 1.29 is 84.7 Å². The predicted molar refractivity (Wildman–Crippen MR) is 222 cm³/mol. The second-order valence-electron chi connectivity index (χ2n) is 15.2. The molecule has 3 unspecified atom stereocenters. The number of hydrogen-bond donors (Lipinski definition) is 9. The van der Waals surface area contributed by atoms with Gasteiger partial charge in [0.25, 0.3) is 0 Å². The molecule has 15 atom stereocenters. The molecule has 69 heavy (non-hydrogen) atoms. The number of aliphatic hydroxyl groups is 2. The zero-order valence-corrected chi connectivity index (χ0v) is 37.5. The normalized spacial score (nSPS) is 31.8. The molecule has 0 saturated carbocycles. The summed E-state index contributed by atoms with van der Waals surface area (Å²) in [5, 5.41) is 21.6. The summed E-state index contributed by atoms with van der Waals surface area (Å²) in [4.78, 5) is 98.6. The third kappa shape index (κ3) is 11.1. The second kappa shape index (κ2) is 19.5. The number of phosphoric ester groups is 3. The lowest BCUT2D eigenvalue weighted by atomic mass is 10.2. The van der Waals surface area contributed by atoms with E-state index in [1.165, 1.54) is 12.1 Å². The van der Waals surface area contributed by atoms with Gasteiger partial charge in [0.1, 0.15) is 72.1 Å². The van der Waals surface area contributed by atoms with Crippen LogP contribution >= 0.6 is 23.5 Å². The van der Waals surface area contributed by atoms with E-state index in [2.05, 4.69) is 19.9 Å². The number of aromatic nitrogens is 8. The minimum absolute atomic E-state index is 0.150. The zero-order valence-electron chi connectivity index (χ0n) is 34.8. The Kier molecular flexibility index (Phi) is 14.2. The maximum Gasteiger partial charge on any atom is 0.473 e. The molecule has 4 aromatic heterocycles. The van der Waals surface area contributed by atoms with E-state index in [4.69, 9.17) is 69.0 Å². The van der Waals surface area contributed by atoms with Crippen LogP contribution in [0, 0.1) is 0 Å². The average Bonchev–Trinajstić information content (AvgIpc) is 4.01. The van der Waals surface area contributed by atoms with E-state index in [0.717, 1.165) is 46.1 Å². The summed E-state index contributed by atoms with van der Waals surface area (Å²) in [5.74, 6) is -0.851. The third-order valence-corrected chi connectivity index (χ3v) is 13.6. The molecule has 0 amide bonds. The lowest BCUT2D eigenvalue weighted by Gasteiger charge is -2.30. The summed E-state index contributed by atoms with van der Waals surface area (Å²) >= 11 is 0. The molecule has 37 heteroatoms. The monoisotopic (exact) mass is 1040 g/mol. The summed E-state index contributed by atoms with van der Waals surface area (Å²) in [6.45, 7) is -2.74. The highest BCUT2D eigenvalue weighted by Crippen LogP contribution is 2.57. The molecule has 376 valence electrons. The summed E-state index contributed by atoms with van der Waals surface area (Å²) in [6, 6.07) is 4.65. The van der Waals surface area contributed by atoms with E-state index in [9.17, 15) is 57.8 Å². The second-order valence-corrected chi connectivity index (χ2v) is 19.2. The molecule has 0 bridgehead atoms. The molecule has 34 nitrogen and oxygen atoms in total. The Morgan fingerprint density at radius 2 is 0.754 bits per heavy atom. The molecule has 0 aliphatic carbocycles. The minimum Gasteiger partial charge on any atom is -0.388 e. The van der Waals surface area contributed by atoms with Crippen molar-refractivity contribution in [3.05, 3.63) is 91.0 Å². The molecular formula is C32H41N12O22P3. The molecule has 0 aromatic carbocycles. The molecule has 8 heterocycles. The van der Waals surface area contributed by atoms with E-state index in [0.29, 0.717) is 9.13 Å². The van der Waals surface area contributed by atoms with Gasteiger partial charge in [-0.1, -0.05) is 0 Å². The highest BCUT2D eigenvalue weighted by atomic mass is 31.2. The van der Waals surface area contributed by atoms with Gasteiger partial charge in [0, 0.05) is 24.8 Å². The largest absolute Gasteiger partial charge is 0.473 e. The molecule has 4 aliphatic rings. The number of ether oxygens (including phenoxy) is 4. The predicted octanol–water partition coefficient (Wildman–Crippen LogP) is -4.21. The molecule has 4 fully saturated rings. The van der Waals surface area contributed by atoms with Gasteiger partial charge in [-0.25, -0.2) is 32.9 Å². The van der Waals surface area contributed by atoms with Crippen LogP contribution in [0.3, 0.4) is 0 Å². The number of nitrogens with two attached hydrogens (primary N) is 4. The fourth-order valence-corrected chi connectivity index (χ4v) is 10.8. The van der Waals surface area contributed by atoms with Crippen LogP contribution in [0.2, 0.25) is 0 Å². The maximum absolute atomic E-state index is 14.1. The van der Waals surface area contributed by atoms with Gasteiger partial charge in [-0.15, -0.1) is 0 Å². The Bertz CT molecular complexity index is 2960. The van der Waals surface area contributed by atoms with E-state index in [1.807, 2.05) is 0 Å². The first kappa shape index (κ1) is 50.2. The first-order chi connectivity index (χ1) is 32.5. The van der Waals surface area contributed by atoms with Crippen LogP contribution in [0.15, 0.2) is 68.2 Å². The number of nitrogens with zero attached hydrogens (tertiary/aromatic N) is 8. The van der Waals surface area contributed by atoms with Crippen LogP contribution in [-0.2, 0) is 59.8 Å². The highest BCUT2D eigenvalue weighted by Gasteiger charge is 2.54. The number of phosphoric acid groups is 3. The Morgan fingerprint density at radius 3 is 1.13 bits per heavy atom. The van der Waals surface area contributed by atoms with Crippen molar-refractivity contribution >= 4 is 46.7 Å². The van der Waals surface area contributed by atoms with Crippen LogP contribution < -0.4 is 45.7 Å². The minimum atomic E-state index is -5.76. The SMILES string of the molecule is Nc1ccn([C@@H]2OC[C@H](OP(=O)(O)O[C@@H]3[C@@H](OP(=O)(O)O[C@@H]4[C@@H](OP(=O)(O)O[C@H]5[C@H](n6ccc(N)nc6=O)OC[C@@H]5O)CO[C@H]4n4ccc(N)nc4=O)CO[C@H]3n3ccc(N)nc3=O)[C@H]2O)c(=O)n1. The van der Waals surface area contributed by atoms with Crippen molar-refractivity contribution in [2.24, 2.45) is 0 Å². The molecule has 4 aliphatic heterocycles. The van der Waals surface area contributed by atoms with Gasteiger partial charge >= 0.3 is 46.2 Å².